The van der Waals surface area contributed by atoms with E-state index < -0.39 is 0 Å². The number of nitrogens with one attached hydrogen (secondary N) is 1. The Morgan fingerprint density at radius 3 is 3.05 bits per heavy atom. The maximum absolute atomic E-state index is 12.6. The van der Waals surface area contributed by atoms with Crippen molar-refractivity contribution in [2.45, 2.75) is 18.9 Å². The molecule has 3 rings (SSSR count). The van der Waals surface area contributed by atoms with Crippen LogP contribution in [0.1, 0.15) is 12.0 Å². The highest BCUT2D eigenvalue weighted by Gasteiger charge is 2.31. The number of carbonyl (C=O) groups is 2. The summed E-state index contributed by atoms with van der Waals surface area (Å²) in [6.07, 6.45) is 2.00. The van der Waals surface area contributed by atoms with Gasteiger partial charge in [-0.1, -0.05) is 18.2 Å². The molecule has 1 N–H and O–H groups in total. The minimum atomic E-state index is -0.377. The van der Waals surface area contributed by atoms with Gasteiger partial charge in [-0.2, -0.15) is 0 Å². The standard InChI is InChI=1S/C14H16N2O2S/c17-13-9-19-8-11(15-13)14(18)16-7-3-5-10-4-1-2-6-12(10)16/h1-2,4,6,11H,3,5,7-9H2,(H,15,17). The molecule has 1 saturated heterocycles. The first kappa shape index (κ1) is 12.5. The summed E-state index contributed by atoms with van der Waals surface area (Å²) in [5.41, 5.74) is 2.22. The molecular weight excluding hydrogens is 260 g/mol. The van der Waals surface area contributed by atoms with Gasteiger partial charge >= 0.3 is 0 Å². The van der Waals surface area contributed by atoms with Crippen molar-refractivity contribution in [1.82, 2.24) is 5.32 Å². The van der Waals surface area contributed by atoms with E-state index in [2.05, 4.69) is 11.4 Å². The Morgan fingerprint density at radius 1 is 1.37 bits per heavy atom. The van der Waals surface area contributed by atoms with Crippen LogP contribution in [0.15, 0.2) is 24.3 Å². The summed E-state index contributed by atoms with van der Waals surface area (Å²) in [7, 11) is 0. The molecule has 2 aliphatic rings. The van der Waals surface area contributed by atoms with Gasteiger partial charge in [0.15, 0.2) is 0 Å². The fourth-order valence-corrected chi connectivity index (χ4v) is 3.48. The number of thioether (sulfide) groups is 1. The number of aryl methyl sites for hydroxylation is 1. The first-order valence-electron chi connectivity index (χ1n) is 6.52. The van der Waals surface area contributed by atoms with E-state index in [1.54, 1.807) is 0 Å². The van der Waals surface area contributed by atoms with E-state index in [1.165, 1.54) is 17.3 Å². The van der Waals surface area contributed by atoms with Crippen LogP contribution < -0.4 is 10.2 Å². The van der Waals surface area contributed by atoms with E-state index in [-0.39, 0.29) is 17.9 Å². The third-order valence-electron chi connectivity index (χ3n) is 3.53. The van der Waals surface area contributed by atoms with Gasteiger partial charge in [0.2, 0.25) is 11.8 Å². The van der Waals surface area contributed by atoms with Crippen molar-refractivity contribution >= 4 is 29.3 Å². The average Bonchev–Trinajstić information content (AvgIpc) is 2.46. The van der Waals surface area contributed by atoms with Crippen LogP contribution in [0.5, 0.6) is 0 Å². The number of fused-ring (bicyclic) bond motifs is 1. The number of hydrogen-bond acceptors (Lipinski definition) is 3. The monoisotopic (exact) mass is 276 g/mol. The van der Waals surface area contributed by atoms with Crippen LogP contribution in [0.25, 0.3) is 0 Å². The van der Waals surface area contributed by atoms with Gasteiger partial charge in [-0.15, -0.1) is 11.8 Å². The van der Waals surface area contributed by atoms with E-state index in [0.717, 1.165) is 25.1 Å². The van der Waals surface area contributed by atoms with E-state index in [1.807, 2.05) is 23.1 Å². The normalized spacial score (nSPS) is 22.6. The summed E-state index contributed by atoms with van der Waals surface area (Å²) in [4.78, 5) is 25.8. The molecule has 100 valence electrons. The molecule has 2 amide bonds. The number of amides is 2. The molecule has 5 heteroatoms. The Hall–Kier alpha value is -1.49. The zero-order valence-corrected chi connectivity index (χ0v) is 11.4. The molecule has 2 aliphatic heterocycles. The quantitative estimate of drug-likeness (QED) is 0.838. The first-order chi connectivity index (χ1) is 9.25. The minimum absolute atomic E-state index is 0.0210. The molecule has 0 bridgehead atoms. The van der Waals surface area contributed by atoms with Crippen molar-refractivity contribution in [3.8, 4) is 0 Å². The summed E-state index contributed by atoms with van der Waals surface area (Å²) in [6, 6.07) is 7.65. The molecule has 0 spiro atoms. The molecule has 1 aromatic carbocycles. The average molecular weight is 276 g/mol. The predicted molar refractivity (Wildman–Crippen MR) is 76.4 cm³/mol. The number of hydrogen-bond donors (Lipinski definition) is 1. The van der Waals surface area contributed by atoms with Crippen LogP contribution in [-0.2, 0) is 16.0 Å². The van der Waals surface area contributed by atoms with Gasteiger partial charge in [0.1, 0.15) is 6.04 Å². The largest absolute Gasteiger partial charge is 0.343 e. The highest BCUT2D eigenvalue weighted by atomic mass is 32.2. The molecule has 4 nitrogen and oxygen atoms in total. The van der Waals surface area contributed by atoms with Crippen LogP contribution in [0, 0.1) is 0 Å². The number of rotatable bonds is 1. The Balaban J connectivity index is 1.83. The second-order valence-corrected chi connectivity index (χ2v) is 5.89. The minimum Gasteiger partial charge on any atom is -0.343 e. The van der Waals surface area contributed by atoms with E-state index in [9.17, 15) is 9.59 Å². The molecule has 0 aromatic heterocycles. The van der Waals surface area contributed by atoms with Crippen molar-refractivity contribution < 1.29 is 9.59 Å². The molecule has 19 heavy (non-hydrogen) atoms. The van der Waals surface area contributed by atoms with Crippen molar-refractivity contribution in [2.24, 2.45) is 0 Å². The van der Waals surface area contributed by atoms with E-state index in [4.69, 9.17) is 0 Å². The zero-order valence-electron chi connectivity index (χ0n) is 10.6. The van der Waals surface area contributed by atoms with Gasteiger partial charge in [-0.25, -0.2) is 0 Å². The van der Waals surface area contributed by atoms with Crippen molar-refractivity contribution in [1.29, 1.82) is 0 Å². The SMILES string of the molecule is O=C1CSCC(C(=O)N2CCCc3ccccc32)N1. The van der Waals surface area contributed by atoms with Crippen LogP contribution in [0.2, 0.25) is 0 Å². The van der Waals surface area contributed by atoms with E-state index in [0.29, 0.717) is 11.5 Å². The summed E-state index contributed by atoms with van der Waals surface area (Å²) in [6.45, 7) is 0.743. The second-order valence-electron chi connectivity index (χ2n) is 4.86. The van der Waals surface area contributed by atoms with E-state index >= 15 is 0 Å². The predicted octanol–water partition coefficient (Wildman–Crippen LogP) is 1.20. The molecular formula is C14H16N2O2S. The molecule has 1 atom stereocenters. The molecule has 1 unspecified atom stereocenters. The van der Waals surface area contributed by atoms with Crippen molar-refractivity contribution in [3.63, 3.8) is 0 Å². The van der Waals surface area contributed by atoms with Gasteiger partial charge < -0.3 is 10.2 Å². The lowest BCUT2D eigenvalue weighted by atomic mass is 10.0. The third-order valence-corrected chi connectivity index (χ3v) is 4.56. The molecule has 1 aromatic rings. The summed E-state index contributed by atoms with van der Waals surface area (Å²) in [5, 5.41) is 2.79. The number of nitrogens with zero attached hydrogens (tertiary/aromatic N) is 1. The van der Waals surface area contributed by atoms with Gasteiger partial charge in [-0.05, 0) is 24.5 Å². The van der Waals surface area contributed by atoms with Crippen molar-refractivity contribution in [3.05, 3.63) is 29.8 Å². The first-order valence-corrected chi connectivity index (χ1v) is 7.67. The van der Waals surface area contributed by atoms with Gasteiger partial charge in [-0.3, -0.25) is 9.59 Å². The summed E-state index contributed by atoms with van der Waals surface area (Å²) < 4.78 is 0. The molecule has 0 radical (unpaired) electrons. The van der Waals surface area contributed by atoms with Gasteiger partial charge in [0, 0.05) is 18.0 Å². The lowest BCUT2D eigenvalue weighted by molar-refractivity contribution is -0.126. The maximum Gasteiger partial charge on any atom is 0.250 e. The van der Waals surface area contributed by atoms with Crippen molar-refractivity contribution in [2.75, 3.05) is 23.0 Å². The Labute approximate surface area is 116 Å². The van der Waals surface area contributed by atoms with Gasteiger partial charge in [0.05, 0.1) is 5.75 Å². The van der Waals surface area contributed by atoms with Gasteiger partial charge in [0.25, 0.3) is 0 Å². The fourth-order valence-electron chi connectivity index (χ4n) is 2.63. The molecule has 0 saturated carbocycles. The topological polar surface area (TPSA) is 49.4 Å². The molecule has 1 fully saturated rings. The Morgan fingerprint density at radius 2 is 2.21 bits per heavy atom. The zero-order chi connectivity index (χ0) is 13.2. The Kier molecular flexibility index (Phi) is 3.46. The highest BCUT2D eigenvalue weighted by molar-refractivity contribution is 8.00. The van der Waals surface area contributed by atoms with Crippen LogP contribution in [0.4, 0.5) is 5.69 Å². The lowest BCUT2D eigenvalue weighted by Crippen LogP contribution is -2.53. The lowest BCUT2D eigenvalue weighted by Gasteiger charge is -2.33. The molecule has 0 aliphatic carbocycles. The number of carbonyl (C=O) groups excluding carboxylic acids is 2. The highest BCUT2D eigenvalue weighted by Crippen LogP contribution is 2.27. The van der Waals surface area contributed by atoms with Crippen LogP contribution >= 0.6 is 11.8 Å². The van der Waals surface area contributed by atoms with Crippen LogP contribution in [0.3, 0.4) is 0 Å². The summed E-state index contributed by atoms with van der Waals surface area (Å²) >= 11 is 1.53. The number of benzene rings is 1. The maximum atomic E-state index is 12.6. The summed E-state index contributed by atoms with van der Waals surface area (Å²) in [5.74, 6) is 1.11. The molecule has 2 heterocycles. The number of anilines is 1. The fraction of sp³-hybridized carbons (Fsp3) is 0.429. The second kappa shape index (κ2) is 5.25. The third kappa shape index (κ3) is 2.47. The number of para-hydroxylation sites is 1. The Bertz CT molecular complexity index is 518. The smallest absolute Gasteiger partial charge is 0.250 e. The van der Waals surface area contributed by atoms with Crippen LogP contribution in [-0.4, -0.2) is 35.9 Å².